The number of hydrogen-bond donors (Lipinski definition) is 3. The first-order valence-corrected chi connectivity index (χ1v) is 6.17. The quantitative estimate of drug-likeness (QED) is 0.286. The minimum absolute atomic E-state index is 0.0292. The van der Waals surface area contributed by atoms with Gasteiger partial charge in [-0.25, -0.2) is 0 Å². The maximum atomic E-state index is 10.7. The first-order chi connectivity index (χ1) is 8.67. The number of rotatable bonds is 8. The largest absolute Gasteiger partial charge is 0.385 e. The smallest absolute Gasteiger partial charge is 0.273 e. The van der Waals surface area contributed by atoms with Crippen molar-refractivity contribution < 1.29 is 4.92 Å². The van der Waals surface area contributed by atoms with Crippen LogP contribution >= 0.6 is 0 Å². The Labute approximate surface area is 107 Å². The van der Waals surface area contributed by atoms with Crippen LogP contribution in [0.4, 0.5) is 17.1 Å². The third-order valence-corrected chi connectivity index (χ3v) is 2.65. The Balaban J connectivity index is 2.58. The maximum Gasteiger partial charge on any atom is 0.273 e. The molecule has 0 radical (unpaired) electrons. The van der Waals surface area contributed by atoms with Gasteiger partial charge in [0.1, 0.15) is 0 Å². The molecule has 0 atom stereocenters. The number of hydrazine groups is 1. The molecule has 1 aromatic rings. The molecule has 4 N–H and O–H groups in total. The van der Waals surface area contributed by atoms with Crippen molar-refractivity contribution in [3.05, 3.63) is 28.3 Å². The number of nitrogen functional groups attached to an aromatic ring is 1. The average Bonchev–Trinajstić information content (AvgIpc) is 2.38. The van der Waals surface area contributed by atoms with Gasteiger partial charge in [0.15, 0.2) is 0 Å². The van der Waals surface area contributed by atoms with Gasteiger partial charge in [0.05, 0.1) is 10.6 Å². The Bertz CT molecular complexity index is 396. The van der Waals surface area contributed by atoms with E-state index in [0.29, 0.717) is 11.4 Å². The van der Waals surface area contributed by atoms with Gasteiger partial charge in [-0.15, -0.1) is 0 Å². The lowest BCUT2D eigenvalue weighted by Crippen LogP contribution is -2.08. The number of nitrogens with one attached hydrogen (secondary N) is 2. The van der Waals surface area contributed by atoms with Crippen LogP contribution in [0.5, 0.6) is 0 Å². The third-order valence-electron chi connectivity index (χ3n) is 2.65. The zero-order valence-corrected chi connectivity index (χ0v) is 10.6. The lowest BCUT2D eigenvalue weighted by atomic mass is 10.2. The van der Waals surface area contributed by atoms with Crippen LogP contribution in [-0.2, 0) is 0 Å². The Kier molecular flexibility index (Phi) is 5.93. The highest BCUT2D eigenvalue weighted by molar-refractivity contribution is 5.63. The fourth-order valence-corrected chi connectivity index (χ4v) is 1.69. The highest BCUT2D eigenvalue weighted by Gasteiger charge is 2.08. The average molecular weight is 252 g/mol. The van der Waals surface area contributed by atoms with Crippen LogP contribution in [0.2, 0.25) is 0 Å². The molecule has 0 saturated heterocycles. The predicted octanol–water partition coefficient (Wildman–Crippen LogP) is 2.87. The summed E-state index contributed by atoms with van der Waals surface area (Å²) in [4.78, 5) is 10.3. The minimum Gasteiger partial charge on any atom is -0.385 e. The van der Waals surface area contributed by atoms with Crippen LogP contribution < -0.4 is 16.6 Å². The van der Waals surface area contributed by atoms with E-state index in [-0.39, 0.29) is 5.69 Å². The number of nitro groups is 1. The zero-order chi connectivity index (χ0) is 13.4. The zero-order valence-electron chi connectivity index (χ0n) is 10.6. The molecule has 0 bridgehead atoms. The number of nitrogens with zero attached hydrogens (tertiary/aromatic N) is 1. The summed E-state index contributed by atoms with van der Waals surface area (Å²) >= 11 is 0. The molecule has 6 nitrogen and oxygen atoms in total. The van der Waals surface area contributed by atoms with E-state index in [0.717, 1.165) is 13.0 Å². The molecule has 18 heavy (non-hydrogen) atoms. The Morgan fingerprint density at radius 3 is 2.56 bits per heavy atom. The van der Waals surface area contributed by atoms with E-state index in [9.17, 15) is 10.1 Å². The van der Waals surface area contributed by atoms with Crippen LogP contribution in [0, 0.1) is 10.1 Å². The highest BCUT2D eigenvalue weighted by atomic mass is 16.6. The molecule has 0 saturated carbocycles. The van der Waals surface area contributed by atoms with Crippen molar-refractivity contribution in [1.82, 2.24) is 0 Å². The van der Waals surface area contributed by atoms with Gasteiger partial charge in [-0.2, -0.15) is 0 Å². The van der Waals surface area contributed by atoms with E-state index < -0.39 is 4.92 Å². The molecule has 0 aliphatic rings. The minimum atomic E-state index is -0.427. The summed E-state index contributed by atoms with van der Waals surface area (Å²) < 4.78 is 0. The second kappa shape index (κ2) is 7.50. The normalized spacial score (nSPS) is 10.1. The van der Waals surface area contributed by atoms with Crippen molar-refractivity contribution >= 4 is 17.1 Å². The Morgan fingerprint density at radius 2 is 1.94 bits per heavy atom. The van der Waals surface area contributed by atoms with E-state index >= 15 is 0 Å². The van der Waals surface area contributed by atoms with E-state index in [1.165, 1.54) is 31.4 Å². The molecule has 0 aliphatic carbocycles. The van der Waals surface area contributed by atoms with Crippen LogP contribution in [0.25, 0.3) is 0 Å². The van der Waals surface area contributed by atoms with E-state index in [2.05, 4.69) is 17.7 Å². The Morgan fingerprint density at radius 1 is 1.22 bits per heavy atom. The summed E-state index contributed by atoms with van der Waals surface area (Å²) in [6.07, 6.45) is 4.63. The lowest BCUT2D eigenvalue weighted by Gasteiger charge is -2.08. The molecule has 0 spiro atoms. The SMILES string of the molecule is CCCCCCNc1cc(NN)cc([N+](=O)[O-])c1. The fraction of sp³-hybridized carbons (Fsp3) is 0.500. The van der Waals surface area contributed by atoms with Crippen LogP contribution in [0.1, 0.15) is 32.6 Å². The molecular weight excluding hydrogens is 232 g/mol. The number of anilines is 2. The summed E-state index contributed by atoms with van der Waals surface area (Å²) in [6.45, 7) is 2.97. The molecule has 1 rings (SSSR count). The van der Waals surface area contributed by atoms with Gasteiger partial charge in [-0.3, -0.25) is 16.0 Å². The molecule has 0 aliphatic heterocycles. The fourth-order valence-electron chi connectivity index (χ4n) is 1.69. The van der Waals surface area contributed by atoms with Gasteiger partial charge in [0.25, 0.3) is 5.69 Å². The van der Waals surface area contributed by atoms with Crippen molar-refractivity contribution in [2.24, 2.45) is 5.84 Å². The molecule has 0 aromatic heterocycles. The van der Waals surface area contributed by atoms with E-state index in [4.69, 9.17) is 5.84 Å². The van der Waals surface area contributed by atoms with Gasteiger partial charge in [-0.05, 0) is 12.5 Å². The number of hydrogen-bond acceptors (Lipinski definition) is 5. The summed E-state index contributed by atoms with van der Waals surface area (Å²) in [5.74, 6) is 5.28. The monoisotopic (exact) mass is 252 g/mol. The standard InChI is InChI=1S/C12H20N4O2/c1-2-3-4-5-6-14-10-7-11(15-13)9-12(8-10)16(17)18/h7-9,14-15H,2-6,13H2,1H3. The number of nitrogens with two attached hydrogens (primary N) is 1. The Hall–Kier alpha value is -1.82. The van der Waals surface area contributed by atoms with E-state index in [1.807, 2.05) is 0 Å². The highest BCUT2D eigenvalue weighted by Crippen LogP contribution is 2.23. The molecule has 0 amide bonds. The number of nitro benzene ring substituents is 1. The van der Waals surface area contributed by atoms with Gasteiger partial charge in [0.2, 0.25) is 0 Å². The molecule has 6 heteroatoms. The topological polar surface area (TPSA) is 93.2 Å². The molecule has 1 aromatic carbocycles. The maximum absolute atomic E-state index is 10.7. The van der Waals surface area contributed by atoms with Crippen molar-refractivity contribution in [2.45, 2.75) is 32.6 Å². The second-order valence-electron chi connectivity index (χ2n) is 4.16. The molecule has 0 unspecified atom stereocenters. The lowest BCUT2D eigenvalue weighted by molar-refractivity contribution is -0.384. The summed E-state index contributed by atoms with van der Waals surface area (Å²) in [6, 6.07) is 4.68. The summed E-state index contributed by atoms with van der Waals surface area (Å²) in [7, 11) is 0. The van der Waals surface area contributed by atoms with Gasteiger partial charge < -0.3 is 10.7 Å². The number of non-ortho nitro benzene ring substituents is 1. The number of benzene rings is 1. The third kappa shape index (κ3) is 4.58. The van der Waals surface area contributed by atoms with Crippen LogP contribution in [0.3, 0.4) is 0 Å². The first kappa shape index (κ1) is 14.2. The molecule has 0 fully saturated rings. The van der Waals surface area contributed by atoms with Gasteiger partial charge >= 0.3 is 0 Å². The summed E-state index contributed by atoms with van der Waals surface area (Å²) in [5.41, 5.74) is 3.70. The second-order valence-corrected chi connectivity index (χ2v) is 4.16. The number of unbranched alkanes of at least 4 members (excludes halogenated alkanes) is 3. The van der Waals surface area contributed by atoms with Crippen molar-refractivity contribution in [3.8, 4) is 0 Å². The van der Waals surface area contributed by atoms with Gasteiger partial charge in [0, 0.05) is 24.4 Å². The van der Waals surface area contributed by atoms with Crippen molar-refractivity contribution in [3.63, 3.8) is 0 Å². The van der Waals surface area contributed by atoms with Crippen LogP contribution in [-0.4, -0.2) is 11.5 Å². The van der Waals surface area contributed by atoms with Crippen molar-refractivity contribution in [1.29, 1.82) is 0 Å². The molecule has 100 valence electrons. The predicted molar refractivity (Wildman–Crippen MR) is 73.5 cm³/mol. The van der Waals surface area contributed by atoms with Crippen LogP contribution in [0.15, 0.2) is 18.2 Å². The first-order valence-electron chi connectivity index (χ1n) is 6.17. The van der Waals surface area contributed by atoms with Crippen molar-refractivity contribution in [2.75, 3.05) is 17.3 Å². The molecule has 0 heterocycles. The summed E-state index contributed by atoms with van der Waals surface area (Å²) in [5, 5.41) is 13.9. The molecular formula is C12H20N4O2. The van der Waals surface area contributed by atoms with E-state index in [1.54, 1.807) is 6.07 Å². The van der Waals surface area contributed by atoms with Gasteiger partial charge in [-0.1, -0.05) is 26.2 Å².